The predicted octanol–water partition coefficient (Wildman–Crippen LogP) is 2.23. The minimum Gasteiger partial charge on any atom is -0.482 e. The molecule has 0 fully saturated rings. The first-order valence-electron chi connectivity index (χ1n) is 5.90. The molecule has 1 unspecified atom stereocenters. The van der Waals surface area contributed by atoms with Gasteiger partial charge in [0.15, 0.2) is 6.61 Å². The second-order valence-electron chi connectivity index (χ2n) is 4.40. The van der Waals surface area contributed by atoms with E-state index in [-0.39, 0.29) is 17.2 Å². The number of halogens is 2. The Morgan fingerprint density at radius 3 is 2.65 bits per heavy atom. The molecule has 1 amide bonds. The van der Waals surface area contributed by atoms with E-state index in [0.717, 1.165) is 12.1 Å². The van der Waals surface area contributed by atoms with Gasteiger partial charge in [-0.2, -0.15) is 0 Å². The molecule has 0 saturated heterocycles. The van der Waals surface area contributed by atoms with Crippen molar-refractivity contribution in [2.24, 2.45) is 0 Å². The molecule has 7 heteroatoms. The van der Waals surface area contributed by atoms with Gasteiger partial charge in [-0.25, -0.2) is 9.18 Å². The molecule has 0 aromatic heterocycles. The Labute approximate surface area is 120 Å². The summed E-state index contributed by atoms with van der Waals surface area (Å²) >= 11 is 5.73. The van der Waals surface area contributed by atoms with Gasteiger partial charge in [0.1, 0.15) is 17.1 Å². The number of aliphatic carboxylic acids is 1. The lowest BCUT2D eigenvalue weighted by Crippen LogP contribution is -2.53. The Kier molecular flexibility index (Phi) is 5.33. The molecule has 110 valence electrons. The van der Waals surface area contributed by atoms with Crippen LogP contribution in [0.2, 0.25) is 5.02 Å². The van der Waals surface area contributed by atoms with Crippen LogP contribution < -0.4 is 10.1 Å². The molecule has 0 saturated carbocycles. The zero-order valence-corrected chi connectivity index (χ0v) is 11.8. The molecule has 0 radical (unpaired) electrons. The SMILES string of the molecule is CCC(C)(NC(=O)COc1ccc(F)cc1Cl)C(=O)O. The van der Waals surface area contributed by atoms with Crippen molar-refractivity contribution < 1.29 is 23.8 Å². The second-order valence-corrected chi connectivity index (χ2v) is 4.81. The molecular formula is C13H15ClFNO4. The van der Waals surface area contributed by atoms with Crippen LogP contribution in [0.25, 0.3) is 0 Å². The third kappa shape index (κ3) is 4.09. The summed E-state index contributed by atoms with van der Waals surface area (Å²) in [5.41, 5.74) is -1.35. The Bertz CT molecular complexity index is 523. The number of hydrogen-bond acceptors (Lipinski definition) is 3. The molecule has 0 aliphatic rings. The van der Waals surface area contributed by atoms with Gasteiger partial charge in [-0.3, -0.25) is 4.79 Å². The summed E-state index contributed by atoms with van der Waals surface area (Å²) in [5.74, 6) is -2.10. The summed E-state index contributed by atoms with van der Waals surface area (Å²) in [6.45, 7) is 2.64. The van der Waals surface area contributed by atoms with Gasteiger partial charge in [0.05, 0.1) is 5.02 Å². The number of carbonyl (C=O) groups excluding carboxylic acids is 1. The predicted molar refractivity (Wildman–Crippen MR) is 71.4 cm³/mol. The Morgan fingerprint density at radius 1 is 1.50 bits per heavy atom. The van der Waals surface area contributed by atoms with Crippen molar-refractivity contribution in [2.45, 2.75) is 25.8 Å². The van der Waals surface area contributed by atoms with Crippen molar-refractivity contribution in [3.8, 4) is 5.75 Å². The van der Waals surface area contributed by atoms with E-state index in [4.69, 9.17) is 21.4 Å². The van der Waals surface area contributed by atoms with Gasteiger partial charge >= 0.3 is 5.97 Å². The molecule has 5 nitrogen and oxygen atoms in total. The highest BCUT2D eigenvalue weighted by molar-refractivity contribution is 6.32. The fourth-order valence-corrected chi connectivity index (χ4v) is 1.59. The van der Waals surface area contributed by atoms with Crippen molar-refractivity contribution >= 4 is 23.5 Å². The first-order valence-corrected chi connectivity index (χ1v) is 6.28. The summed E-state index contributed by atoms with van der Waals surface area (Å²) in [6, 6.07) is 3.50. The molecule has 0 bridgehead atoms. The zero-order valence-electron chi connectivity index (χ0n) is 11.1. The Balaban J connectivity index is 2.62. The molecule has 0 heterocycles. The van der Waals surface area contributed by atoms with E-state index in [1.165, 1.54) is 13.0 Å². The molecule has 1 rings (SSSR count). The van der Waals surface area contributed by atoms with Gasteiger partial charge in [-0.15, -0.1) is 0 Å². The highest BCUT2D eigenvalue weighted by Gasteiger charge is 2.32. The van der Waals surface area contributed by atoms with E-state index in [0.29, 0.717) is 0 Å². The van der Waals surface area contributed by atoms with Crippen LogP contribution in [0.3, 0.4) is 0 Å². The third-order valence-electron chi connectivity index (χ3n) is 2.85. The van der Waals surface area contributed by atoms with Crippen LogP contribution in [0.15, 0.2) is 18.2 Å². The molecular weight excluding hydrogens is 289 g/mol. The van der Waals surface area contributed by atoms with Gasteiger partial charge in [-0.1, -0.05) is 18.5 Å². The van der Waals surface area contributed by atoms with Crippen LogP contribution in [0.5, 0.6) is 5.75 Å². The van der Waals surface area contributed by atoms with Crippen molar-refractivity contribution in [2.75, 3.05) is 6.61 Å². The maximum atomic E-state index is 12.8. The summed E-state index contributed by atoms with van der Waals surface area (Å²) in [5, 5.41) is 11.4. The fraction of sp³-hybridized carbons (Fsp3) is 0.385. The normalized spacial score (nSPS) is 13.4. The lowest BCUT2D eigenvalue weighted by molar-refractivity contribution is -0.147. The van der Waals surface area contributed by atoms with E-state index in [1.54, 1.807) is 6.92 Å². The minimum atomic E-state index is -1.35. The molecule has 1 atom stereocenters. The number of carbonyl (C=O) groups is 2. The van der Waals surface area contributed by atoms with Crippen LogP contribution in [0, 0.1) is 5.82 Å². The molecule has 1 aromatic rings. The third-order valence-corrected chi connectivity index (χ3v) is 3.14. The number of carboxylic acids is 1. The second kappa shape index (κ2) is 6.56. The van der Waals surface area contributed by atoms with Crippen molar-refractivity contribution in [3.63, 3.8) is 0 Å². The number of amides is 1. The summed E-state index contributed by atoms with van der Waals surface area (Å²) in [6.07, 6.45) is 0.228. The number of nitrogens with one attached hydrogen (secondary N) is 1. The van der Waals surface area contributed by atoms with Crippen molar-refractivity contribution in [1.82, 2.24) is 5.32 Å². The number of benzene rings is 1. The van der Waals surface area contributed by atoms with Gasteiger partial charge < -0.3 is 15.2 Å². The smallest absolute Gasteiger partial charge is 0.329 e. The lowest BCUT2D eigenvalue weighted by Gasteiger charge is -2.24. The van der Waals surface area contributed by atoms with E-state index in [2.05, 4.69) is 5.32 Å². The number of rotatable bonds is 6. The molecule has 0 spiro atoms. The van der Waals surface area contributed by atoms with Gasteiger partial charge in [0.25, 0.3) is 5.91 Å². The summed E-state index contributed by atoms with van der Waals surface area (Å²) < 4.78 is 17.9. The van der Waals surface area contributed by atoms with E-state index >= 15 is 0 Å². The molecule has 0 aliphatic carbocycles. The summed E-state index contributed by atoms with van der Waals surface area (Å²) in [7, 11) is 0. The quantitative estimate of drug-likeness (QED) is 0.845. The molecule has 1 aromatic carbocycles. The van der Waals surface area contributed by atoms with Crippen LogP contribution in [0.4, 0.5) is 4.39 Å². The van der Waals surface area contributed by atoms with E-state index < -0.39 is 29.8 Å². The van der Waals surface area contributed by atoms with E-state index in [1.807, 2.05) is 0 Å². The monoisotopic (exact) mass is 303 g/mol. The molecule has 0 aliphatic heterocycles. The van der Waals surface area contributed by atoms with Gasteiger partial charge in [0.2, 0.25) is 0 Å². The van der Waals surface area contributed by atoms with Gasteiger partial charge in [0, 0.05) is 0 Å². The highest BCUT2D eigenvalue weighted by Crippen LogP contribution is 2.24. The van der Waals surface area contributed by atoms with Gasteiger partial charge in [-0.05, 0) is 31.5 Å². The maximum absolute atomic E-state index is 12.8. The van der Waals surface area contributed by atoms with Crippen LogP contribution in [0.1, 0.15) is 20.3 Å². The van der Waals surface area contributed by atoms with Crippen molar-refractivity contribution in [1.29, 1.82) is 0 Å². The zero-order chi connectivity index (χ0) is 15.3. The standard InChI is InChI=1S/C13H15ClFNO4/c1-3-13(2,12(18)19)16-11(17)7-20-10-5-4-8(15)6-9(10)14/h4-6H,3,7H2,1-2H3,(H,16,17)(H,18,19). The first kappa shape index (κ1) is 16.2. The minimum absolute atomic E-state index is 0.0364. The molecule has 2 N–H and O–H groups in total. The van der Waals surface area contributed by atoms with Crippen LogP contribution in [-0.2, 0) is 9.59 Å². The summed E-state index contributed by atoms with van der Waals surface area (Å²) in [4.78, 5) is 22.7. The average molecular weight is 304 g/mol. The van der Waals surface area contributed by atoms with E-state index in [9.17, 15) is 14.0 Å². The number of carboxylic acid groups (broad SMARTS) is 1. The first-order chi connectivity index (χ1) is 9.28. The lowest BCUT2D eigenvalue weighted by atomic mass is 9.99. The largest absolute Gasteiger partial charge is 0.482 e. The van der Waals surface area contributed by atoms with Crippen LogP contribution in [-0.4, -0.2) is 29.1 Å². The number of hydrogen-bond donors (Lipinski definition) is 2. The highest BCUT2D eigenvalue weighted by atomic mass is 35.5. The Hall–Kier alpha value is -1.82. The maximum Gasteiger partial charge on any atom is 0.329 e. The topological polar surface area (TPSA) is 75.6 Å². The van der Waals surface area contributed by atoms with Crippen molar-refractivity contribution in [3.05, 3.63) is 29.0 Å². The average Bonchev–Trinajstić information content (AvgIpc) is 2.37. The fourth-order valence-electron chi connectivity index (χ4n) is 1.37. The Morgan fingerprint density at radius 2 is 2.15 bits per heavy atom. The van der Waals surface area contributed by atoms with Crippen LogP contribution >= 0.6 is 11.6 Å². The number of ether oxygens (including phenoxy) is 1. The molecule has 20 heavy (non-hydrogen) atoms.